The van der Waals surface area contributed by atoms with Gasteiger partial charge in [-0.05, 0) is 48.5 Å². The molecule has 5 nitrogen and oxygen atoms in total. The first-order chi connectivity index (χ1) is 14.2. The Hall–Kier alpha value is -3.99. The highest BCUT2D eigenvalue weighted by molar-refractivity contribution is 5.90. The maximum Gasteiger partial charge on any atom is 0.0949 e. The Morgan fingerprint density at radius 3 is 2.72 bits per heavy atom. The van der Waals surface area contributed by atoms with Crippen LogP contribution in [0.25, 0.3) is 39.3 Å². The molecule has 0 atom stereocenters. The summed E-state index contributed by atoms with van der Waals surface area (Å²) in [5.74, 6) is 0. The molecule has 140 valence electrons. The minimum atomic E-state index is 0.851. The summed E-state index contributed by atoms with van der Waals surface area (Å²) in [4.78, 5) is 9.18. The summed E-state index contributed by atoms with van der Waals surface area (Å²) in [5.41, 5.74) is 6.70. The summed E-state index contributed by atoms with van der Waals surface area (Å²) < 4.78 is 3.93. The van der Waals surface area contributed by atoms with Gasteiger partial charge in [-0.1, -0.05) is 18.7 Å². The predicted molar refractivity (Wildman–Crippen MR) is 117 cm³/mol. The third kappa shape index (κ3) is 3.12. The smallest absolute Gasteiger partial charge is 0.0949 e. The van der Waals surface area contributed by atoms with Crippen molar-refractivity contribution in [1.29, 1.82) is 0 Å². The van der Waals surface area contributed by atoms with Crippen LogP contribution in [0.4, 0.5) is 0 Å². The molecule has 0 bridgehead atoms. The molecule has 5 heteroatoms. The highest BCUT2D eigenvalue weighted by Crippen LogP contribution is 2.25. The van der Waals surface area contributed by atoms with Crippen LogP contribution in [0.1, 0.15) is 11.4 Å². The molecular formula is C24H19N5. The third-order valence-electron chi connectivity index (χ3n) is 5.04. The minimum absolute atomic E-state index is 0.851. The molecule has 5 heterocycles. The van der Waals surface area contributed by atoms with E-state index in [9.17, 15) is 0 Å². The first-order valence-corrected chi connectivity index (χ1v) is 9.38. The van der Waals surface area contributed by atoms with Crippen molar-refractivity contribution in [2.75, 3.05) is 0 Å². The maximum atomic E-state index is 4.65. The van der Waals surface area contributed by atoms with Gasteiger partial charge in [-0.25, -0.2) is 4.52 Å². The number of pyridine rings is 3. The fraction of sp³-hybridized carbons (Fsp3) is 0.0417. The average molecular weight is 377 g/mol. The molecule has 0 aromatic carbocycles. The zero-order chi connectivity index (χ0) is 19.8. The van der Waals surface area contributed by atoms with Gasteiger partial charge in [0.05, 0.1) is 28.6 Å². The molecule has 0 fully saturated rings. The van der Waals surface area contributed by atoms with Crippen LogP contribution >= 0.6 is 0 Å². The van der Waals surface area contributed by atoms with Gasteiger partial charge in [0.2, 0.25) is 0 Å². The number of aryl methyl sites for hydroxylation is 1. The molecule has 0 N–H and O–H groups in total. The topological polar surface area (TPSA) is 48.0 Å². The second-order valence-corrected chi connectivity index (χ2v) is 6.93. The third-order valence-corrected chi connectivity index (χ3v) is 5.04. The molecule has 0 saturated heterocycles. The summed E-state index contributed by atoms with van der Waals surface area (Å²) in [5, 5.41) is 5.67. The van der Waals surface area contributed by atoms with E-state index in [0.717, 1.165) is 44.6 Å². The van der Waals surface area contributed by atoms with Gasteiger partial charge in [-0.3, -0.25) is 9.97 Å². The van der Waals surface area contributed by atoms with Gasteiger partial charge in [-0.2, -0.15) is 5.10 Å². The Morgan fingerprint density at radius 1 is 1.00 bits per heavy atom. The summed E-state index contributed by atoms with van der Waals surface area (Å²) in [6.45, 7) is 3.97. The average Bonchev–Trinajstić information content (AvgIpc) is 3.37. The summed E-state index contributed by atoms with van der Waals surface area (Å²) >= 11 is 0. The van der Waals surface area contributed by atoms with Crippen LogP contribution in [0, 0.1) is 0 Å². The number of fused-ring (bicyclic) bond motifs is 2. The number of nitrogens with zero attached hydrogens (tertiary/aromatic N) is 5. The lowest BCUT2D eigenvalue weighted by atomic mass is 10.1. The molecule has 5 aromatic rings. The summed E-state index contributed by atoms with van der Waals surface area (Å²) in [6, 6.07) is 16.3. The SMILES string of the molecule is C=C/C(=C\c1cccn1C)c1cc2cc(-c3cc4ccccn4n3)cnc2cn1. The van der Waals surface area contributed by atoms with E-state index < -0.39 is 0 Å². The van der Waals surface area contributed by atoms with Crippen LogP contribution in [-0.4, -0.2) is 24.1 Å². The fourth-order valence-corrected chi connectivity index (χ4v) is 3.43. The van der Waals surface area contributed by atoms with E-state index in [1.807, 2.05) is 60.5 Å². The van der Waals surface area contributed by atoms with Crippen molar-refractivity contribution in [3.63, 3.8) is 0 Å². The van der Waals surface area contributed by atoms with Crippen LogP contribution < -0.4 is 0 Å². The maximum absolute atomic E-state index is 4.65. The number of rotatable bonds is 4. The zero-order valence-electron chi connectivity index (χ0n) is 16.0. The van der Waals surface area contributed by atoms with Gasteiger partial charge in [0.1, 0.15) is 0 Å². The number of aromatic nitrogens is 5. The van der Waals surface area contributed by atoms with Crippen LogP contribution in [0.3, 0.4) is 0 Å². The summed E-state index contributed by atoms with van der Waals surface area (Å²) in [6.07, 6.45) is 11.5. The van der Waals surface area contributed by atoms with Crippen LogP contribution in [0.5, 0.6) is 0 Å². The molecule has 0 aliphatic rings. The highest BCUT2D eigenvalue weighted by Gasteiger charge is 2.08. The van der Waals surface area contributed by atoms with Crippen molar-refractivity contribution >= 4 is 28.1 Å². The molecule has 5 aromatic heterocycles. The van der Waals surface area contributed by atoms with Crippen molar-refractivity contribution in [2.24, 2.45) is 7.05 Å². The normalized spacial score (nSPS) is 12.0. The van der Waals surface area contributed by atoms with Gasteiger partial charge in [0.15, 0.2) is 0 Å². The first kappa shape index (κ1) is 17.1. The molecule has 0 saturated carbocycles. The molecule has 5 rings (SSSR count). The van der Waals surface area contributed by atoms with Gasteiger partial charge >= 0.3 is 0 Å². The van der Waals surface area contributed by atoms with Crippen molar-refractivity contribution in [2.45, 2.75) is 0 Å². The van der Waals surface area contributed by atoms with E-state index >= 15 is 0 Å². The van der Waals surface area contributed by atoms with Crippen LogP contribution in [0.15, 0.2) is 86.0 Å². The zero-order valence-corrected chi connectivity index (χ0v) is 16.0. The molecule has 0 spiro atoms. The number of hydrogen-bond acceptors (Lipinski definition) is 3. The lowest BCUT2D eigenvalue weighted by Crippen LogP contribution is -1.92. The standard InChI is InChI=1S/C24H19N5/c1-3-17(12-20-8-6-9-28(20)2)22-13-18-11-19(15-25-24(18)16-26-22)23-14-21-7-4-5-10-29(21)27-23/h3-16H,1H2,2H3/b17-12+. The summed E-state index contributed by atoms with van der Waals surface area (Å²) in [7, 11) is 2.02. The molecule has 29 heavy (non-hydrogen) atoms. The van der Waals surface area contributed by atoms with Crippen LogP contribution in [-0.2, 0) is 7.05 Å². The largest absolute Gasteiger partial charge is 0.351 e. The second kappa shape index (κ2) is 6.87. The highest BCUT2D eigenvalue weighted by atomic mass is 15.2. The molecule has 0 unspecified atom stereocenters. The van der Waals surface area contributed by atoms with E-state index in [4.69, 9.17) is 0 Å². The molecule has 0 aliphatic carbocycles. The number of allylic oxidation sites excluding steroid dienone is 2. The van der Waals surface area contributed by atoms with Gasteiger partial charge in [-0.15, -0.1) is 0 Å². The van der Waals surface area contributed by atoms with Gasteiger partial charge in [0, 0.05) is 47.9 Å². The van der Waals surface area contributed by atoms with Crippen molar-refractivity contribution < 1.29 is 0 Å². The predicted octanol–water partition coefficient (Wildman–Crippen LogP) is 5.01. The fourth-order valence-electron chi connectivity index (χ4n) is 3.43. The minimum Gasteiger partial charge on any atom is -0.351 e. The Labute approximate surface area is 168 Å². The van der Waals surface area contributed by atoms with Gasteiger partial charge < -0.3 is 4.57 Å². The Bertz CT molecular complexity index is 1350. The first-order valence-electron chi connectivity index (χ1n) is 9.38. The van der Waals surface area contributed by atoms with E-state index in [1.54, 1.807) is 6.20 Å². The van der Waals surface area contributed by atoms with Crippen molar-refractivity contribution in [1.82, 2.24) is 24.1 Å². The molecular weight excluding hydrogens is 358 g/mol. The lowest BCUT2D eigenvalue weighted by molar-refractivity contribution is 0.915. The molecule has 0 amide bonds. The molecule has 0 aliphatic heterocycles. The van der Waals surface area contributed by atoms with Crippen molar-refractivity contribution in [3.8, 4) is 11.3 Å². The number of hydrogen-bond donors (Lipinski definition) is 0. The Morgan fingerprint density at radius 2 is 1.93 bits per heavy atom. The van der Waals surface area contributed by atoms with E-state index in [0.29, 0.717) is 0 Å². The Balaban J connectivity index is 1.59. The van der Waals surface area contributed by atoms with E-state index in [-0.39, 0.29) is 0 Å². The van der Waals surface area contributed by atoms with E-state index in [2.05, 4.69) is 56.6 Å². The molecule has 0 radical (unpaired) electrons. The second-order valence-electron chi connectivity index (χ2n) is 6.93. The Kier molecular flexibility index (Phi) is 4.06. The van der Waals surface area contributed by atoms with Crippen molar-refractivity contribution in [3.05, 3.63) is 97.4 Å². The van der Waals surface area contributed by atoms with E-state index in [1.165, 1.54) is 0 Å². The van der Waals surface area contributed by atoms with Crippen LogP contribution in [0.2, 0.25) is 0 Å². The lowest BCUT2D eigenvalue weighted by Gasteiger charge is -2.06. The quantitative estimate of drug-likeness (QED) is 0.414. The van der Waals surface area contributed by atoms with Gasteiger partial charge in [0.25, 0.3) is 0 Å². The monoisotopic (exact) mass is 377 g/mol.